The van der Waals surface area contributed by atoms with Crippen molar-refractivity contribution in [3.63, 3.8) is 0 Å². The van der Waals surface area contributed by atoms with E-state index in [9.17, 15) is 30.7 Å². The SMILES string of the molecule is CN(C)c1ccc(B(O)O)cc1.COc1ccc(Cl)cc1B(O)O.COc1cccc(OC)c1B(O)O.Cc1ccc(B(O)O)cc1.Cc1cccc(B(O)O)c1.OB(O)c1ccc(F)c(Cl)c1.OB(O)c1ccc(OC(F)(F)F)cc1.OB(O)c1ccc2c(c1)OCO2.OB(O)c1cccc(OC(F)(F)F)c1. The van der Waals surface area contributed by atoms with E-state index in [1.807, 2.05) is 63.2 Å². The Kier molecular flexibility index (Phi) is 42.4. The molecule has 1 heterocycles. The molecular formula is C64H73B9Cl2F7NO25. The Morgan fingerprint density at radius 1 is 0.370 bits per heavy atom. The van der Waals surface area contributed by atoms with Gasteiger partial charge in [-0.3, -0.25) is 0 Å². The van der Waals surface area contributed by atoms with Crippen LogP contribution in [0.3, 0.4) is 0 Å². The minimum Gasteiger partial charge on any atom is -0.497 e. The number of benzene rings is 9. The second kappa shape index (κ2) is 48.0. The summed E-state index contributed by atoms with van der Waals surface area (Å²) in [7, 11) is -5.55. The molecule has 1 aliphatic rings. The number of hydrogen-bond acceptors (Lipinski definition) is 26. The van der Waals surface area contributed by atoms with Crippen molar-refractivity contribution < 1.29 is 154 Å². The second-order valence-electron chi connectivity index (χ2n) is 21.7. The third-order valence-electron chi connectivity index (χ3n) is 13.4. The van der Waals surface area contributed by atoms with Crippen LogP contribution >= 0.6 is 23.2 Å². The number of fused-ring (bicyclic) bond motifs is 1. The van der Waals surface area contributed by atoms with Crippen molar-refractivity contribution in [3.8, 4) is 40.2 Å². The third kappa shape index (κ3) is 37.0. The quantitative estimate of drug-likeness (QED) is 0.0389. The lowest BCUT2D eigenvalue weighted by Crippen LogP contribution is -2.32. The van der Waals surface area contributed by atoms with Gasteiger partial charge in [0.15, 0.2) is 11.5 Å². The van der Waals surface area contributed by atoms with Gasteiger partial charge in [0, 0.05) is 30.3 Å². The summed E-state index contributed by atoms with van der Waals surface area (Å²) in [4.78, 5) is 1.95. The Labute approximate surface area is 628 Å². The molecule has 0 spiro atoms. The lowest BCUT2D eigenvalue weighted by molar-refractivity contribution is -0.275. The summed E-state index contributed by atoms with van der Waals surface area (Å²) in [6, 6.07) is 47.9. The molecule has 0 unspecified atom stereocenters. The van der Waals surface area contributed by atoms with Gasteiger partial charge >= 0.3 is 76.8 Å². The smallest absolute Gasteiger partial charge is 0.497 e. The van der Waals surface area contributed by atoms with Crippen LogP contribution in [0.1, 0.15) is 11.1 Å². The summed E-state index contributed by atoms with van der Waals surface area (Å²) in [5.41, 5.74) is 5.90. The maximum atomic E-state index is 12.5. The molecule has 0 amide bonds. The van der Waals surface area contributed by atoms with E-state index in [1.54, 1.807) is 91.0 Å². The zero-order chi connectivity index (χ0) is 81.8. The maximum Gasteiger partial charge on any atom is 0.573 e. The third-order valence-corrected chi connectivity index (χ3v) is 13.9. The van der Waals surface area contributed by atoms with Crippen molar-refractivity contribution >= 4 is 142 Å². The first-order chi connectivity index (χ1) is 50.5. The topological polar surface area (TPSA) is 432 Å². The summed E-state index contributed by atoms with van der Waals surface area (Å²) in [5, 5.41) is 158. The van der Waals surface area contributed by atoms with Crippen LogP contribution in [0.5, 0.6) is 40.2 Å². The van der Waals surface area contributed by atoms with Crippen LogP contribution in [0.25, 0.3) is 0 Å². The first kappa shape index (κ1) is 95.4. The van der Waals surface area contributed by atoms with Crippen LogP contribution in [0.2, 0.25) is 10.0 Å². The molecule has 0 aliphatic carbocycles. The minimum absolute atomic E-state index is 0.0632. The van der Waals surface area contributed by atoms with Crippen LogP contribution < -0.4 is 87.2 Å². The van der Waals surface area contributed by atoms with Gasteiger partial charge in [-0.1, -0.05) is 137 Å². The van der Waals surface area contributed by atoms with Gasteiger partial charge < -0.3 is 128 Å². The number of nitrogens with zero attached hydrogens (tertiary/aromatic N) is 1. The fraction of sp³-hybridized carbons (Fsp3) is 0.156. The zero-order valence-corrected chi connectivity index (χ0v) is 59.6. The summed E-state index contributed by atoms with van der Waals surface area (Å²) in [5.74, 6) is 0.944. The van der Waals surface area contributed by atoms with Gasteiger partial charge in [0.1, 0.15) is 34.6 Å². The normalized spacial score (nSPS) is 10.4. The lowest BCUT2D eigenvalue weighted by atomic mass is 9.78. The number of alkyl halides is 6. The average molecular weight is 1560 g/mol. The molecule has 574 valence electrons. The highest BCUT2D eigenvalue weighted by molar-refractivity contribution is 6.62. The Hall–Kier alpha value is -8.67. The Balaban J connectivity index is 0.000000413. The van der Waals surface area contributed by atoms with Crippen molar-refractivity contribution in [2.45, 2.75) is 26.6 Å². The summed E-state index contributed by atoms with van der Waals surface area (Å²) in [6.45, 7) is 4.06. The molecule has 0 saturated carbocycles. The molecule has 18 N–H and O–H groups in total. The standard InChI is InChI=1S/C8H12BNO2.C8H11BO4.C7H8BClO3.2C7H6BF3O3.C7H7BO4.2C7H9BO2.C6H5BClFO2/c1-10(2)8-5-3-7(4-6-8)9(11)12;1-12-6-4-3-5-7(13-2)8(6)9(10)11;1-12-7-3-2-5(9)4-6(7)8(10)11;9-7(10,11)14-6-3-1-5(2-4-6)8(12)13;9-7(10,11)14-6-3-1-2-5(4-6)8(12)13;9-8(10)5-1-2-6-7(3-5)12-4-11-6;1-6-2-4-7(5-3-6)8(9)10;1-6-3-2-4-7(5-6)8(9)10;8-5-3-4(7(10)11)1-2-6(5)9/h3-6,11-12H,1-2H3;3-5,10-11H,1-2H3;2-4,10-11H,1H3;2*1-4,12-13H;1-3,9-10H,4H2;2*2-5,9-10H,1H3;1-3,10-11H. The Bertz CT molecular complexity index is 4020. The fourth-order valence-corrected chi connectivity index (χ4v) is 8.39. The summed E-state index contributed by atoms with van der Waals surface area (Å²) in [6.07, 6.45) is -9.52. The van der Waals surface area contributed by atoms with E-state index in [1.165, 1.54) is 51.7 Å². The molecule has 10 rings (SSSR count). The van der Waals surface area contributed by atoms with Crippen molar-refractivity contribution in [2.75, 3.05) is 47.1 Å². The van der Waals surface area contributed by atoms with E-state index in [4.69, 9.17) is 137 Å². The molecule has 0 atom stereocenters. The lowest BCUT2D eigenvalue weighted by Gasteiger charge is -2.12. The van der Waals surface area contributed by atoms with Crippen molar-refractivity contribution in [2.24, 2.45) is 0 Å². The molecule has 0 fully saturated rings. The van der Waals surface area contributed by atoms with E-state index < -0.39 is 94.1 Å². The Morgan fingerprint density at radius 3 is 1.19 bits per heavy atom. The van der Waals surface area contributed by atoms with Crippen LogP contribution in [0, 0.1) is 19.7 Å². The Morgan fingerprint density at radius 2 is 0.769 bits per heavy atom. The molecule has 44 heteroatoms. The van der Waals surface area contributed by atoms with E-state index in [0.717, 1.165) is 59.3 Å². The van der Waals surface area contributed by atoms with Gasteiger partial charge in [-0.2, -0.15) is 0 Å². The van der Waals surface area contributed by atoms with Gasteiger partial charge in [-0.15, -0.1) is 26.3 Å². The summed E-state index contributed by atoms with van der Waals surface area (Å²) >= 11 is 11.0. The zero-order valence-electron chi connectivity index (χ0n) is 58.1. The molecule has 9 aromatic rings. The van der Waals surface area contributed by atoms with Crippen LogP contribution in [0.4, 0.5) is 36.4 Å². The number of ether oxygens (including phenoxy) is 7. The van der Waals surface area contributed by atoms with Crippen LogP contribution in [0.15, 0.2) is 194 Å². The highest BCUT2D eigenvalue weighted by Gasteiger charge is 2.32. The first-order valence-electron chi connectivity index (χ1n) is 30.8. The minimum atomic E-state index is -4.78. The highest BCUT2D eigenvalue weighted by atomic mass is 35.5. The molecule has 0 radical (unpaired) electrons. The molecule has 108 heavy (non-hydrogen) atoms. The number of rotatable bonds is 15. The molecule has 1 aliphatic heterocycles. The molecule has 0 aromatic heterocycles. The van der Waals surface area contributed by atoms with Gasteiger partial charge in [0.05, 0.1) is 31.8 Å². The first-order valence-corrected chi connectivity index (χ1v) is 31.5. The number of hydrogen-bond donors (Lipinski definition) is 18. The molecule has 9 aromatic carbocycles. The second-order valence-corrected chi connectivity index (χ2v) is 22.5. The van der Waals surface area contributed by atoms with Crippen molar-refractivity contribution in [1.82, 2.24) is 0 Å². The predicted octanol–water partition coefficient (Wildman–Crippen LogP) is -2.02. The van der Waals surface area contributed by atoms with E-state index in [2.05, 4.69) is 9.47 Å². The number of methoxy groups -OCH3 is 3. The fourth-order valence-electron chi connectivity index (χ4n) is 8.02. The molecule has 0 saturated heterocycles. The number of aryl methyl sites for hydroxylation is 2. The van der Waals surface area contributed by atoms with E-state index in [-0.39, 0.29) is 39.1 Å². The maximum absolute atomic E-state index is 12.5. The number of anilines is 1. The molecule has 0 bridgehead atoms. The highest BCUT2D eigenvalue weighted by Crippen LogP contribution is 2.30. The van der Waals surface area contributed by atoms with Crippen LogP contribution in [-0.2, 0) is 0 Å². The average Bonchev–Trinajstić information content (AvgIpc) is 1.53. The number of halogens is 9. The van der Waals surface area contributed by atoms with Gasteiger partial charge in [-0.25, -0.2) is 4.39 Å². The monoisotopic (exact) mass is 1560 g/mol. The molecule has 26 nitrogen and oxygen atoms in total. The van der Waals surface area contributed by atoms with Gasteiger partial charge in [0.25, 0.3) is 0 Å². The predicted molar refractivity (Wildman–Crippen MR) is 399 cm³/mol. The van der Waals surface area contributed by atoms with Crippen molar-refractivity contribution in [3.05, 3.63) is 221 Å². The van der Waals surface area contributed by atoms with E-state index in [0.29, 0.717) is 55.6 Å². The summed E-state index contributed by atoms with van der Waals surface area (Å²) < 4.78 is 115. The van der Waals surface area contributed by atoms with Crippen molar-refractivity contribution in [1.29, 1.82) is 0 Å². The molecular weight excluding hydrogens is 1480 g/mol. The largest absolute Gasteiger partial charge is 0.573 e. The van der Waals surface area contributed by atoms with Gasteiger partial charge in [-0.05, 0) is 143 Å². The van der Waals surface area contributed by atoms with E-state index >= 15 is 0 Å². The van der Waals surface area contributed by atoms with Crippen LogP contribution in [-0.4, -0.2) is 209 Å². The van der Waals surface area contributed by atoms with Gasteiger partial charge in [0.2, 0.25) is 6.79 Å².